The van der Waals surface area contributed by atoms with Crippen molar-refractivity contribution in [2.24, 2.45) is 0 Å². The summed E-state index contributed by atoms with van der Waals surface area (Å²) < 4.78 is 4.85. The summed E-state index contributed by atoms with van der Waals surface area (Å²) in [7, 11) is 1.48. The third kappa shape index (κ3) is 4.20. The normalized spacial score (nSPS) is 12.4. The summed E-state index contributed by atoms with van der Waals surface area (Å²) in [5.74, 6) is -0.893. The molecule has 0 heterocycles. The summed E-state index contributed by atoms with van der Waals surface area (Å²) >= 11 is 0. The van der Waals surface area contributed by atoms with Crippen LogP contribution in [0.4, 0.5) is 0 Å². The molecule has 4 nitrogen and oxygen atoms in total. The molecule has 0 saturated heterocycles. The molecule has 0 aromatic carbocycles. The lowest BCUT2D eigenvalue weighted by molar-refractivity contribution is -0.144. The molecule has 0 aromatic rings. The largest absolute Gasteiger partial charge is 0.480 e. The molecular formula is C10H17NO3. The summed E-state index contributed by atoms with van der Waals surface area (Å²) in [5.41, 5.74) is 0. The highest BCUT2D eigenvalue weighted by atomic mass is 16.5. The van der Waals surface area contributed by atoms with Crippen molar-refractivity contribution in [3.8, 4) is 0 Å². The molecule has 0 saturated carbocycles. The van der Waals surface area contributed by atoms with Gasteiger partial charge in [-0.1, -0.05) is 12.2 Å². The Morgan fingerprint density at radius 2 is 2.00 bits per heavy atom. The molecule has 1 unspecified atom stereocenters. The number of rotatable bonds is 8. The van der Waals surface area contributed by atoms with Crippen molar-refractivity contribution < 1.29 is 14.6 Å². The SMILES string of the molecule is C=CCN(CC=C)C(COC)C(=O)O. The van der Waals surface area contributed by atoms with E-state index in [0.29, 0.717) is 13.1 Å². The molecule has 0 amide bonds. The monoisotopic (exact) mass is 199 g/mol. The first-order chi connectivity index (χ1) is 6.67. The van der Waals surface area contributed by atoms with Crippen LogP contribution in [0.2, 0.25) is 0 Å². The maximum absolute atomic E-state index is 10.9. The van der Waals surface area contributed by atoms with E-state index in [9.17, 15) is 4.79 Å². The van der Waals surface area contributed by atoms with E-state index in [-0.39, 0.29) is 6.61 Å². The van der Waals surface area contributed by atoms with Gasteiger partial charge in [0.1, 0.15) is 6.04 Å². The zero-order valence-corrected chi connectivity index (χ0v) is 8.48. The minimum Gasteiger partial charge on any atom is -0.480 e. The number of ether oxygens (including phenoxy) is 1. The van der Waals surface area contributed by atoms with E-state index in [1.807, 2.05) is 0 Å². The van der Waals surface area contributed by atoms with Crippen molar-refractivity contribution >= 4 is 5.97 Å². The van der Waals surface area contributed by atoms with Crippen LogP contribution in [0.15, 0.2) is 25.3 Å². The Kier molecular flexibility index (Phi) is 6.70. The average Bonchev–Trinajstić information content (AvgIpc) is 2.13. The molecule has 80 valence electrons. The minimum absolute atomic E-state index is 0.164. The van der Waals surface area contributed by atoms with E-state index >= 15 is 0 Å². The topological polar surface area (TPSA) is 49.8 Å². The predicted octanol–water partition coefficient (Wildman–Crippen LogP) is 0.760. The van der Waals surface area contributed by atoms with Crippen LogP contribution in [0.25, 0.3) is 0 Å². The molecule has 0 aliphatic heterocycles. The van der Waals surface area contributed by atoms with Crippen LogP contribution in [0.3, 0.4) is 0 Å². The Morgan fingerprint density at radius 3 is 2.29 bits per heavy atom. The molecule has 1 N–H and O–H groups in total. The third-order valence-corrected chi connectivity index (χ3v) is 1.78. The Labute approximate surface area is 84.5 Å². The predicted molar refractivity (Wildman–Crippen MR) is 55.3 cm³/mol. The highest BCUT2D eigenvalue weighted by molar-refractivity contribution is 5.73. The van der Waals surface area contributed by atoms with Gasteiger partial charge in [0.25, 0.3) is 0 Å². The van der Waals surface area contributed by atoms with Gasteiger partial charge in [0.2, 0.25) is 0 Å². The van der Waals surface area contributed by atoms with E-state index in [2.05, 4.69) is 13.2 Å². The van der Waals surface area contributed by atoms with Crippen LogP contribution < -0.4 is 0 Å². The number of nitrogens with zero attached hydrogens (tertiary/aromatic N) is 1. The van der Waals surface area contributed by atoms with Gasteiger partial charge in [0.05, 0.1) is 6.61 Å². The number of aliphatic carboxylic acids is 1. The van der Waals surface area contributed by atoms with Gasteiger partial charge < -0.3 is 9.84 Å². The lowest BCUT2D eigenvalue weighted by atomic mass is 10.2. The number of carboxylic acid groups (broad SMARTS) is 1. The molecule has 0 radical (unpaired) electrons. The van der Waals surface area contributed by atoms with E-state index in [1.165, 1.54) is 7.11 Å². The molecule has 0 aromatic heterocycles. The summed E-state index contributed by atoms with van der Waals surface area (Å²) in [6.45, 7) is 8.33. The first-order valence-electron chi connectivity index (χ1n) is 4.35. The van der Waals surface area contributed by atoms with Gasteiger partial charge >= 0.3 is 5.97 Å². The van der Waals surface area contributed by atoms with E-state index < -0.39 is 12.0 Å². The quantitative estimate of drug-likeness (QED) is 0.586. The second kappa shape index (κ2) is 7.29. The maximum atomic E-state index is 10.9. The molecule has 4 heteroatoms. The smallest absolute Gasteiger partial charge is 0.323 e. The second-order valence-corrected chi connectivity index (χ2v) is 2.84. The van der Waals surface area contributed by atoms with Crippen molar-refractivity contribution in [1.82, 2.24) is 4.90 Å². The van der Waals surface area contributed by atoms with Crippen molar-refractivity contribution in [2.45, 2.75) is 6.04 Å². The Bertz CT molecular complexity index is 194. The Morgan fingerprint density at radius 1 is 1.50 bits per heavy atom. The first-order valence-corrected chi connectivity index (χ1v) is 4.35. The van der Waals surface area contributed by atoms with Crippen LogP contribution in [0, 0.1) is 0 Å². The van der Waals surface area contributed by atoms with Gasteiger partial charge in [0.15, 0.2) is 0 Å². The zero-order valence-electron chi connectivity index (χ0n) is 8.48. The van der Waals surface area contributed by atoms with Crippen LogP contribution in [0.1, 0.15) is 0 Å². The molecule has 0 fully saturated rings. The molecule has 0 spiro atoms. The molecule has 0 rings (SSSR count). The van der Waals surface area contributed by atoms with Crippen molar-refractivity contribution in [1.29, 1.82) is 0 Å². The fraction of sp³-hybridized carbons (Fsp3) is 0.500. The number of hydrogen-bond acceptors (Lipinski definition) is 3. The van der Waals surface area contributed by atoms with Gasteiger partial charge in [-0.3, -0.25) is 9.69 Å². The van der Waals surface area contributed by atoms with Crippen molar-refractivity contribution in [3.63, 3.8) is 0 Å². The van der Waals surface area contributed by atoms with E-state index in [0.717, 1.165) is 0 Å². The second-order valence-electron chi connectivity index (χ2n) is 2.84. The molecular weight excluding hydrogens is 182 g/mol. The summed E-state index contributed by atoms with van der Waals surface area (Å²) in [6, 6.07) is -0.643. The van der Waals surface area contributed by atoms with Crippen molar-refractivity contribution in [3.05, 3.63) is 25.3 Å². The molecule has 0 aliphatic carbocycles. The van der Waals surface area contributed by atoms with Gasteiger partial charge in [-0.2, -0.15) is 0 Å². The molecule has 1 atom stereocenters. The van der Waals surface area contributed by atoms with E-state index in [1.54, 1.807) is 17.1 Å². The summed E-state index contributed by atoms with van der Waals surface area (Å²) in [6.07, 6.45) is 3.32. The van der Waals surface area contributed by atoms with Gasteiger partial charge in [-0.25, -0.2) is 0 Å². The van der Waals surface area contributed by atoms with Crippen LogP contribution in [-0.4, -0.2) is 48.8 Å². The van der Waals surface area contributed by atoms with Crippen LogP contribution in [-0.2, 0) is 9.53 Å². The zero-order chi connectivity index (χ0) is 11.0. The van der Waals surface area contributed by atoms with Gasteiger partial charge in [0, 0.05) is 20.2 Å². The fourth-order valence-electron chi connectivity index (χ4n) is 1.15. The average molecular weight is 199 g/mol. The lowest BCUT2D eigenvalue weighted by Gasteiger charge is -2.25. The number of carbonyl (C=O) groups is 1. The summed E-state index contributed by atoms with van der Waals surface area (Å²) in [4.78, 5) is 12.6. The van der Waals surface area contributed by atoms with Crippen molar-refractivity contribution in [2.75, 3.05) is 26.8 Å². The summed E-state index contributed by atoms with van der Waals surface area (Å²) in [5, 5.41) is 8.94. The van der Waals surface area contributed by atoms with Crippen LogP contribution in [0.5, 0.6) is 0 Å². The molecule has 14 heavy (non-hydrogen) atoms. The lowest BCUT2D eigenvalue weighted by Crippen LogP contribution is -2.44. The maximum Gasteiger partial charge on any atom is 0.323 e. The Balaban J connectivity index is 4.43. The van der Waals surface area contributed by atoms with Gasteiger partial charge in [-0.05, 0) is 0 Å². The molecule has 0 bridgehead atoms. The number of carboxylic acids is 1. The fourth-order valence-corrected chi connectivity index (χ4v) is 1.15. The standard InChI is InChI=1S/C10H17NO3/c1-4-6-11(7-5-2)9(8-14-3)10(12)13/h4-5,9H,1-2,6-8H2,3H3,(H,12,13). The highest BCUT2D eigenvalue weighted by Crippen LogP contribution is 2.01. The molecule has 0 aliphatic rings. The van der Waals surface area contributed by atoms with Gasteiger partial charge in [-0.15, -0.1) is 13.2 Å². The number of hydrogen-bond donors (Lipinski definition) is 1. The van der Waals surface area contributed by atoms with Crippen LogP contribution >= 0.6 is 0 Å². The van der Waals surface area contributed by atoms with E-state index in [4.69, 9.17) is 9.84 Å². The third-order valence-electron chi connectivity index (χ3n) is 1.78. The minimum atomic E-state index is -0.893. The number of methoxy groups -OCH3 is 1. The first kappa shape index (κ1) is 12.9. The Hall–Kier alpha value is -1.13. The highest BCUT2D eigenvalue weighted by Gasteiger charge is 2.23.